The summed E-state index contributed by atoms with van der Waals surface area (Å²) in [4.78, 5) is 5.49. The molecule has 0 atom stereocenters. The van der Waals surface area contributed by atoms with Gasteiger partial charge in [0.25, 0.3) is 0 Å². The zero-order valence-corrected chi connectivity index (χ0v) is 22.0. The Morgan fingerprint density at radius 1 is 0.667 bits per heavy atom. The van der Waals surface area contributed by atoms with Crippen LogP contribution in [0.2, 0.25) is 0 Å². The van der Waals surface area contributed by atoms with Crippen molar-refractivity contribution in [2.75, 3.05) is 31.9 Å². The molecule has 3 aromatic rings. The fourth-order valence-corrected chi connectivity index (χ4v) is 7.13. The van der Waals surface area contributed by atoms with E-state index in [9.17, 15) is 8.42 Å². The van der Waals surface area contributed by atoms with E-state index in [1.807, 2.05) is 12.1 Å². The van der Waals surface area contributed by atoms with Crippen LogP contribution in [-0.4, -0.2) is 50.1 Å². The monoisotopic (exact) mass is 502 g/mol. The van der Waals surface area contributed by atoms with Gasteiger partial charge in [-0.1, -0.05) is 66.7 Å². The lowest BCUT2D eigenvalue weighted by Crippen LogP contribution is -2.33. The minimum absolute atomic E-state index is 0.259. The minimum atomic E-state index is -3.26. The molecule has 36 heavy (non-hydrogen) atoms. The van der Waals surface area contributed by atoms with Crippen molar-refractivity contribution in [1.29, 1.82) is 0 Å². The zero-order chi connectivity index (χ0) is 24.8. The third-order valence-electron chi connectivity index (χ3n) is 7.93. The molecule has 2 aliphatic heterocycles. The molecule has 0 amide bonds. The second-order valence-electron chi connectivity index (χ2n) is 10.5. The topological polar surface area (TPSA) is 40.6 Å². The van der Waals surface area contributed by atoms with Gasteiger partial charge in [0, 0.05) is 26.2 Å². The lowest BCUT2D eigenvalue weighted by atomic mass is 9.94. The zero-order valence-electron chi connectivity index (χ0n) is 21.2. The summed E-state index contributed by atoms with van der Waals surface area (Å²) >= 11 is 0. The molecule has 0 N–H and O–H groups in total. The van der Waals surface area contributed by atoms with E-state index < -0.39 is 9.84 Å². The van der Waals surface area contributed by atoms with E-state index in [0.29, 0.717) is 10.8 Å². The van der Waals surface area contributed by atoms with Crippen LogP contribution >= 0.6 is 0 Å². The van der Waals surface area contributed by atoms with Crippen LogP contribution in [0.15, 0.2) is 83.8 Å². The van der Waals surface area contributed by atoms with Crippen LogP contribution < -0.4 is 0 Å². The maximum Gasteiger partial charge on any atom is 0.178 e. The Hall–Kier alpha value is -2.47. The molecule has 5 heteroatoms. The Bertz CT molecular complexity index is 1220. The van der Waals surface area contributed by atoms with Crippen LogP contribution in [0, 0.1) is 5.92 Å². The van der Waals surface area contributed by atoms with Crippen LogP contribution in [0.4, 0.5) is 0 Å². The highest BCUT2D eigenvalue weighted by Crippen LogP contribution is 2.26. The van der Waals surface area contributed by atoms with Crippen LogP contribution in [0.25, 0.3) is 0 Å². The maximum atomic E-state index is 13.2. The van der Waals surface area contributed by atoms with Gasteiger partial charge in [-0.2, -0.15) is 0 Å². The second-order valence-corrected chi connectivity index (χ2v) is 12.6. The van der Waals surface area contributed by atoms with E-state index >= 15 is 0 Å². The highest BCUT2D eigenvalue weighted by atomic mass is 32.2. The van der Waals surface area contributed by atoms with Crippen molar-refractivity contribution in [2.24, 2.45) is 5.92 Å². The lowest BCUT2D eigenvalue weighted by Gasteiger charge is -2.32. The van der Waals surface area contributed by atoms with Crippen LogP contribution in [0.3, 0.4) is 0 Å². The van der Waals surface area contributed by atoms with Crippen LogP contribution in [-0.2, 0) is 35.8 Å². The summed E-state index contributed by atoms with van der Waals surface area (Å²) in [6.45, 7) is 6.02. The molecule has 4 nitrogen and oxygen atoms in total. The fraction of sp³-hybridized carbons (Fsp3) is 0.419. The first-order valence-corrected chi connectivity index (χ1v) is 15.1. The van der Waals surface area contributed by atoms with Gasteiger partial charge in [0.2, 0.25) is 0 Å². The number of sulfone groups is 1. The molecule has 5 rings (SSSR count). The third kappa shape index (κ3) is 6.64. The molecule has 190 valence electrons. The van der Waals surface area contributed by atoms with Gasteiger partial charge in [-0.3, -0.25) is 9.80 Å². The predicted molar refractivity (Wildman–Crippen MR) is 147 cm³/mol. The van der Waals surface area contributed by atoms with Gasteiger partial charge < -0.3 is 0 Å². The first kappa shape index (κ1) is 25.2. The molecular weight excluding hydrogens is 464 g/mol. The minimum Gasteiger partial charge on any atom is -0.299 e. The lowest BCUT2D eigenvalue weighted by molar-refractivity contribution is 0.175. The Balaban J connectivity index is 1.13. The first-order chi connectivity index (χ1) is 17.5. The predicted octanol–water partition coefficient (Wildman–Crippen LogP) is 5.36. The number of fused-ring (bicyclic) bond motifs is 1. The summed E-state index contributed by atoms with van der Waals surface area (Å²) in [5.74, 6) is 0.758. The van der Waals surface area contributed by atoms with Gasteiger partial charge in [0.1, 0.15) is 0 Å². The summed E-state index contributed by atoms with van der Waals surface area (Å²) in [5.41, 5.74) is 5.19. The second kappa shape index (κ2) is 11.7. The summed E-state index contributed by atoms with van der Waals surface area (Å²) in [6, 6.07) is 27.1. The molecule has 3 aromatic carbocycles. The van der Waals surface area contributed by atoms with Crippen molar-refractivity contribution in [1.82, 2.24) is 9.80 Å². The Kier molecular flexibility index (Phi) is 8.20. The van der Waals surface area contributed by atoms with E-state index in [4.69, 9.17) is 0 Å². The fourth-order valence-electron chi connectivity index (χ4n) is 5.66. The normalized spacial score (nSPS) is 18.0. The number of piperidine rings is 1. The number of hydrogen-bond donors (Lipinski definition) is 0. The van der Waals surface area contributed by atoms with Gasteiger partial charge in [0.05, 0.1) is 10.6 Å². The van der Waals surface area contributed by atoms with Gasteiger partial charge in [-0.25, -0.2) is 8.42 Å². The highest BCUT2D eigenvalue weighted by molar-refractivity contribution is 7.91. The van der Waals surface area contributed by atoms with E-state index in [0.717, 1.165) is 71.4 Å². The third-order valence-corrected chi connectivity index (χ3v) is 9.68. The summed E-state index contributed by atoms with van der Waals surface area (Å²) in [5, 5.41) is 0. The molecular formula is C31H38N2O2S. The smallest absolute Gasteiger partial charge is 0.178 e. The average molecular weight is 503 g/mol. The van der Waals surface area contributed by atoms with Gasteiger partial charge in [-0.05, 0) is 85.5 Å². The van der Waals surface area contributed by atoms with Gasteiger partial charge in [-0.15, -0.1) is 0 Å². The number of likely N-dealkylation sites (tertiary alicyclic amines) is 1. The molecule has 1 fully saturated rings. The highest BCUT2D eigenvalue weighted by Gasteiger charge is 2.24. The average Bonchev–Trinajstić information content (AvgIpc) is 3.11. The molecule has 0 radical (unpaired) electrons. The van der Waals surface area contributed by atoms with Crippen molar-refractivity contribution in [2.45, 2.75) is 50.1 Å². The number of benzene rings is 3. The Morgan fingerprint density at radius 3 is 1.83 bits per heavy atom. The van der Waals surface area contributed by atoms with Crippen LogP contribution in [0.5, 0.6) is 0 Å². The van der Waals surface area contributed by atoms with Crippen molar-refractivity contribution >= 4 is 9.84 Å². The SMILES string of the molecule is O=S(=O)(CCC1CCN(Cc2ccccc2)CC1)c1ccc2c(c1)CCN(Cc1ccccc1)CC2. The standard InChI is InChI=1S/C31H38N2O2S/c34-36(35,22-17-26-13-18-32(19-14-26)24-27-7-3-1-4-8-27)31-12-11-29-15-20-33(21-16-30(29)23-31)25-28-9-5-2-6-10-28/h1-12,23,26H,13-22,24-25H2. The van der Waals surface area contributed by atoms with E-state index in [1.54, 1.807) is 0 Å². The summed E-state index contributed by atoms with van der Waals surface area (Å²) in [6.07, 6.45) is 4.83. The molecule has 0 spiro atoms. The molecule has 0 unspecified atom stereocenters. The van der Waals surface area contributed by atoms with Gasteiger partial charge >= 0.3 is 0 Å². The Morgan fingerprint density at radius 2 is 1.22 bits per heavy atom. The van der Waals surface area contributed by atoms with Crippen LogP contribution in [0.1, 0.15) is 41.5 Å². The quantitative estimate of drug-likeness (QED) is 0.416. The molecule has 2 heterocycles. The Labute approximate surface area is 216 Å². The molecule has 0 aliphatic carbocycles. The largest absolute Gasteiger partial charge is 0.299 e. The maximum absolute atomic E-state index is 13.2. The number of nitrogens with zero attached hydrogens (tertiary/aromatic N) is 2. The number of hydrogen-bond acceptors (Lipinski definition) is 4. The molecule has 1 saturated heterocycles. The van der Waals surface area contributed by atoms with Gasteiger partial charge in [0.15, 0.2) is 9.84 Å². The van der Waals surface area contributed by atoms with Crippen molar-refractivity contribution in [3.05, 3.63) is 101 Å². The summed E-state index contributed by atoms with van der Waals surface area (Å²) in [7, 11) is -3.26. The van der Waals surface area contributed by atoms with E-state index in [2.05, 4.69) is 76.5 Å². The first-order valence-electron chi connectivity index (χ1n) is 13.4. The van der Waals surface area contributed by atoms with E-state index in [1.165, 1.54) is 22.3 Å². The van der Waals surface area contributed by atoms with E-state index in [-0.39, 0.29) is 5.75 Å². The molecule has 0 aromatic heterocycles. The number of rotatable bonds is 8. The molecule has 0 bridgehead atoms. The molecule has 0 saturated carbocycles. The van der Waals surface area contributed by atoms with Crippen molar-refractivity contribution in [3.63, 3.8) is 0 Å². The molecule has 2 aliphatic rings. The van der Waals surface area contributed by atoms with Crippen molar-refractivity contribution in [3.8, 4) is 0 Å². The summed E-state index contributed by atoms with van der Waals surface area (Å²) < 4.78 is 26.5. The van der Waals surface area contributed by atoms with Crippen molar-refractivity contribution < 1.29 is 8.42 Å².